The molecular formula is C13H18OS. The van der Waals surface area contributed by atoms with E-state index in [1.165, 1.54) is 16.0 Å². The van der Waals surface area contributed by atoms with Gasteiger partial charge in [0.2, 0.25) is 0 Å². The third-order valence-electron chi connectivity index (χ3n) is 2.44. The van der Waals surface area contributed by atoms with Gasteiger partial charge in [0.25, 0.3) is 0 Å². The molecule has 0 fully saturated rings. The number of carbonyl (C=O) groups is 1. The molecule has 0 saturated carbocycles. The highest BCUT2D eigenvalue weighted by Crippen LogP contribution is 2.27. The van der Waals surface area contributed by atoms with E-state index in [0.29, 0.717) is 12.2 Å². The Morgan fingerprint density at radius 1 is 1.40 bits per heavy atom. The lowest BCUT2D eigenvalue weighted by Gasteiger charge is -2.11. The summed E-state index contributed by atoms with van der Waals surface area (Å²) in [6.07, 6.45) is 0.624. The highest BCUT2D eigenvalue weighted by Gasteiger charge is 2.13. The van der Waals surface area contributed by atoms with E-state index in [4.69, 9.17) is 0 Å². The molecule has 0 heterocycles. The smallest absolute Gasteiger partial charge is 0.145 e. The van der Waals surface area contributed by atoms with Crippen LogP contribution in [0, 0.1) is 13.8 Å². The molecular weight excluding hydrogens is 204 g/mol. The van der Waals surface area contributed by atoms with Gasteiger partial charge in [-0.3, -0.25) is 4.79 Å². The third-order valence-corrected chi connectivity index (χ3v) is 3.76. The molecule has 0 saturated heterocycles. The van der Waals surface area contributed by atoms with Crippen LogP contribution in [0.2, 0.25) is 0 Å². The van der Waals surface area contributed by atoms with Gasteiger partial charge < -0.3 is 0 Å². The lowest BCUT2D eigenvalue weighted by Crippen LogP contribution is -2.11. The lowest BCUT2D eigenvalue weighted by molar-refractivity contribution is -0.117. The lowest BCUT2D eigenvalue weighted by atomic mass is 10.2. The van der Waals surface area contributed by atoms with Gasteiger partial charge in [-0.05, 0) is 32.4 Å². The zero-order valence-corrected chi connectivity index (χ0v) is 10.6. The second-order valence-corrected chi connectivity index (χ2v) is 5.23. The summed E-state index contributed by atoms with van der Waals surface area (Å²) in [6.45, 7) is 8.08. The molecule has 0 aromatic heterocycles. The quantitative estimate of drug-likeness (QED) is 0.721. The van der Waals surface area contributed by atoms with Crippen LogP contribution in [0.3, 0.4) is 0 Å². The second kappa shape index (κ2) is 5.36. The molecule has 0 bridgehead atoms. The van der Waals surface area contributed by atoms with Gasteiger partial charge >= 0.3 is 0 Å². The van der Waals surface area contributed by atoms with Crippen molar-refractivity contribution in [2.45, 2.75) is 44.3 Å². The van der Waals surface area contributed by atoms with Gasteiger partial charge in [-0.1, -0.05) is 24.6 Å². The molecule has 1 nitrogen and oxygen atoms in total. The molecule has 0 aliphatic rings. The zero-order chi connectivity index (χ0) is 11.4. The Morgan fingerprint density at radius 3 is 2.60 bits per heavy atom. The fourth-order valence-electron chi connectivity index (χ4n) is 1.48. The number of Topliss-reactive ketones (excluding diaryl/α,β-unsaturated/α-hetero) is 1. The monoisotopic (exact) mass is 222 g/mol. The number of ketones is 1. The number of rotatable bonds is 4. The highest BCUT2D eigenvalue weighted by atomic mass is 32.2. The molecule has 0 N–H and O–H groups in total. The topological polar surface area (TPSA) is 17.1 Å². The van der Waals surface area contributed by atoms with E-state index in [1.54, 1.807) is 11.8 Å². The van der Waals surface area contributed by atoms with E-state index >= 15 is 0 Å². The molecule has 2 heteroatoms. The minimum Gasteiger partial charge on any atom is -0.298 e. The van der Waals surface area contributed by atoms with Crippen molar-refractivity contribution in [3.63, 3.8) is 0 Å². The maximum absolute atomic E-state index is 11.5. The van der Waals surface area contributed by atoms with Crippen molar-refractivity contribution in [3.05, 3.63) is 29.3 Å². The van der Waals surface area contributed by atoms with E-state index in [2.05, 4.69) is 32.0 Å². The number of aryl methyl sites for hydroxylation is 2. The van der Waals surface area contributed by atoms with E-state index in [-0.39, 0.29) is 5.25 Å². The van der Waals surface area contributed by atoms with Crippen molar-refractivity contribution in [2.75, 3.05) is 0 Å². The van der Waals surface area contributed by atoms with Gasteiger partial charge in [0.15, 0.2) is 0 Å². The molecule has 1 rings (SSSR count). The molecule has 1 aromatic rings. The summed E-state index contributed by atoms with van der Waals surface area (Å²) in [5, 5.41) is 0.0661. The average Bonchev–Trinajstić information content (AvgIpc) is 2.20. The van der Waals surface area contributed by atoms with E-state index < -0.39 is 0 Å². The Labute approximate surface area is 96.3 Å². The second-order valence-electron chi connectivity index (χ2n) is 3.85. The standard InChI is InChI=1S/C13H18OS/c1-5-12(14)11(4)15-13-7-6-9(2)8-10(13)3/h6-8,11H,5H2,1-4H3. The number of hydrogen-bond donors (Lipinski definition) is 0. The first-order chi connectivity index (χ1) is 7.04. The minimum absolute atomic E-state index is 0.0661. The van der Waals surface area contributed by atoms with Crippen LogP contribution in [0.25, 0.3) is 0 Å². The first kappa shape index (κ1) is 12.3. The minimum atomic E-state index is 0.0661. The number of thioether (sulfide) groups is 1. The largest absolute Gasteiger partial charge is 0.298 e. The Bertz CT molecular complexity index is 358. The van der Waals surface area contributed by atoms with Crippen LogP contribution in [0.1, 0.15) is 31.4 Å². The Morgan fingerprint density at radius 2 is 2.07 bits per heavy atom. The number of carbonyl (C=O) groups excluding carboxylic acids is 1. The Kier molecular flexibility index (Phi) is 4.40. The van der Waals surface area contributed by atoms with E-state index in [0.717, 1.165) is 0 Å². The van der Waals surface area contributed by atoms with Gasteiger partial charge in [0.1, 0.15) is 5.78 Å². The molecule has 0 spiro atoms. The van der Waals surface area contributed by atoms with Crippen LogP contribution in [0.5, 0.6) is 0 Å². The molecule has 15 heavy (non-hydrogen) atoms. The molecule has 1 aromatic carbocycles. The normalized spacial score (nSPS) is 12.5. The first-order valence-electron chi connectivity index (χ1n) is 5.31. The summed E-state index contributed by atoms with van der Waals surface area (Å²) in [6, 6.07) is 6.36. The summed E-state index contributed by atoms with van der Waals surface area (Å²) in [5.74, 6) is 0.319. The van der Waals surface area contributed by atoms with Crippen molar-refractivity contribution in [3.8, 4) is 0 Å². The molecule has 82 valence electrons. The van der Waals surface area contributed by atoms with E-state index in [9.17, 15) is 4.79 Å². The maximum atomic E-state index is 11.5. The molecule has 0 amide bonds. The van der Waals surface area contributed by atoms with Crippen LogP contribution >= 0.6 is 11.8 Å². The maximum Gasteiger partial charge on any atom is 0.145 e. The Balaban J connectivity index is 2.76. The molecule has 0 aliphatic carbocycles. The van der Waals surface area contributed by atoms with Crippen LogP contribution in [0.15, 0.2) is 23.1 Å². The van der Waals surface area contributed by atoms with Crippen molar-refractivity contribution in [1.29, 1.82) is 0 Å². The fraction of sp³-hybridized carbons (Fsp3) is 0.462. The number of benzene rings is 1. The van der Waals surface area contributed by atoms with Crippen LogP contribution < -0.4 is 0 Å². The summed E-state index contributed by atoms with van der Waals surface area (Å²) in [5.41, 5.74) is 2.53. The predicted octanol–water partition coefficient (Wildman–Crippen LogP) is 3.76. The van der Waals surface area contributed by atoms with Crippen molar-refractivity contribution in [2.24, 2.45) is 0 Å². The summed E-state index contributed by atoms with van der Waals surface area (Å²) >= 11 is 1.66. The van der Waals surface area contributed by atoms with Crippen LogP contribution in [0.4, 0.5) is 0 Å². The Hall–Kier alpha value is -0.760. The summed E-state index contributed by atoms with van der Waals surface area (Å²) in [7, 11) is 0. The summed E-state index contributed by atoms with van der Waals surface area (Å²) < 4.78 is 0. The van der Waals surface area contributed by atoms with Crippen molar-refractivity contribution < 1.29 is 4.79 Å². The molecule has 1 atom stereocenters. The van der Waals surface area contributed by atoms with Crippen LogP contribution in [-0.4, -0.2) is 11.0 Å². The van der Waals surface area contributed by atoms with Gasteiger partial charge in [-0.2, -0.15) is 0 Å². The highest BCUT2D eigenvalue weighted by molar-refractivity contribution is 8.00. The van der Waals surface area contributed by atoms with Gasteiger partial charge in [-0.15, -0.1) is 11.8 Å². The zero-order valence-electron chi connectivity index (χ0n) is 9.83. The number of hydrogen-bond acceptors (Lipinski definition) is 2. The van der Waals surface area contributed by atoms with Crippen molar-refractivity contribution in [1.82, 2.24) is 0 Å². The van der Waals surface area contributed by atoms with Gasteiger partial charge in [0.05, 0.1) is 5.25 Å². The molecule has 0 radical (unpaired) electrons. The van der Waals surface area contributed by atoms with Crippen molar-refractivity contribution >= 4 is 17.5 Å². The fourth-order valence-corrected chi connectivity index (χ4v) is 2.55. The SMILES string of the molecule is CCC(=O)C(C)Sc1ccc(C)cc1C. The van der Waals surface area contributed by atoms with E-state index in [1.807, 2.05) is 13.8 Å². The first-order valence-corrected chi connectivity index (χ1v) is 6.19. The average molecular weight is 222 g/mol. The van der Waals surface area contributed by atoms with Crippen LogP contribution in [-0.2, 0) is 4.79 Å². The molecule has 0 aliphatic heterocycles. The van der Waals surface area contributed by atoms with Gasteiger partial charge in [-0.25, -0.2) is 0 Å². The van der Waals surface area contributed by atoms with Gasteiger partial charge in [0, 0.05) is 11.3 Å². The summed E-state index contributed by atoms with van der Waals surface area (Å²) in [4.78, 5) is 12.7. The predicted molar refractivity (Wildman–Crippen MR) is 66.5 cm³/mol. The third kappa shape index (κ3) is 3.38. The molecule has 1 unspecified atom stereocenters.